The molecule has 0 radical (unpaired) electrons. The lowest BCUT2D eigenvalue weighted by Gasteiger charge is -2.26. The Kier molecular flexibility index (Phi) is 5.88. The van der Waals surface area contributed by atoms with E-state index in [4.69, 9.17) is 4.74 Å². The number of benzene rings is 2. The number of carbonyl (C=O) groups is 2. The first-order chi connectivity index (χ1) is 13.7. The Balaban J connectivity index is 1.42. The van der Waals surface area contributed by atoms with Crippen LogP contribution in [0.5, 0.6) is 0 Å². The molecule has 4 rings (SSSR count). The summed E-state index contributed by atoms with van der Waals surface area (Å²) in [6, 6.07) is 11.7. The van der Waals surface area contributed by atoms with Gasteiger partial charge in [-0.15, -0.1) is 0 Å². The summed E-state index contributed by atoms with van der Waals surface area (Å²) in [5, 5.41) is 7.98. The van der Waals surface area contributed by atoms with E-state index in [1.807, 2.05) is 36.4 Å². The highest BCUT2D eigenvalue weighted by Crippen LogP contribution is 2.31. The minimum absolute atomic E-state index is 0.0108. The Morgan fingerprint density at radius 1 is 1.07 bits per heavy atom. The van der Waals surface area contributed by atoms with E-state index in [1.54, 1.807) is 0 Å². The highest BCUT2D eigenvalue weighted by atomic mass is 16.5. The maximum Gasteiger partial charge on any atom is 0.253 e. The zero-order chi connectivity index (χ0) is 19.3. The molecular weight excluding hydrogens is 354 g/mol. The average Bonchev–Trinajstić information content (AvgIpc) is 3.57. The van der Waals surface area contributed by atoms with Crippen molar-refractivity contribution < 1.29 is 14.3 Å². The predicted molar refractivity (Wildman–Crippen MR) is 110 cm³/mol. The van der Waals surface area contributed by atoms with Gasteiger partial charge in [0.2, 0.25) is 5.91 Å². The molecule has 148 valence electrons. The smallest absolute Gasteiger partial charge is 0.253 e. The first kappa shape index (κ1) is 18.9. The fraction of sp³-hybridized carbons (Fsp3) is 0.455. The number of nitrogens with zero attached hydrogens (tertiary/aromatic N) is 1. The zero-order valence-corrected chi connectivity index (χ0v) is 16.1. The molecule has 0 aromatic heterocycles. The molecule has 0 bridgehead atoms. The summed E-state index contributed by atoms with van der Waals surface area (Å²) in [7, 11) is 0. The lowest BCUT2D eigenvalue weighted by molar-refractivity contribution is -0.117. The third-order valence-electron chi connectivity index (χ3n) is 5.38. The van der Waals surface area contributed by atoms with Crippen LogP contribution in [-0.2, 0) is 9.53 Å². The first-order valence-corrected chi connectivity index (χ1v) is 10.1. The molecule has 28 heavy (non-hydrogen) atoms. The van der Waals surface area contributed by atoms with Crippen LogP contribution in [-0.4, -0.2) is 56.1 Å². The molecule has 0 spiro atoms. The van der Waals surface area contributed by atoms with Crippen LogP contribution in [0.25, 0.3) is 10.8 Å². The van der Waals surface area contributed by atoms with Gasteiger partial charge in [-0.25, -0.2) is 0 Å². The van der Waals surface area contributed by atoms with Crippen molar-refractivity contribution in [3.05, 3.63) is 42.0 Å². The van der Waals surface area contributed by atoms with Crippen molar-refractivity contribution >= 4 is 28.3 Å². The van der Waals surface area contributed by atoms with Gasteiger partial charge in [-0.1, -0.05) is 24.3 Å². The van der Waals surface area contributed by atoms with Crippen molar-refractivity contribution in [3.63, 3.8) is 0 Å². The summed E-state index contributed by atoms with van der Waals surface area (Å²) in [5.41, 5.74) is 1.13. The van der Waals surface area contributed by atoms with Gasteiger partial charge >= 0.3 is 0 Å². The second kappa shape index (κ2) is 8.71. The summed E-state index contributed by atoms with van der Waals surface area (Å²) in [5.74, 6) is -0.0358. The number of ether oxygens (including phenoxy) is 1. The maximum atomic E-state index is 12.8. The predicted octanol–water partition coefficient (Wildman–Crippen LogP) is 2.64. The van der Waals surface area contributed by atoms with Crippen molar-refractivity contribution in [2.45, 2.75) is 19.3 Å². The molecule has 2 N–H and O–H groups in total. The van der Waals surface area contributed by atoms with Gasteiger partial charge < -0.3 is 15.4 Å². The highest BCUT2D eigenvalue weighted by Gasteiger charge is 2.30. The first-order valence-electron chi connectivity index (χ1n) is 10.1. The van der Waals surface area contributed by atoms with Crippen LogP contribution in [0.2, 0.25) is 0 Å². The van der Waals surface area contributed by atoms with Gasteiger partial charge in [0, 0.05) is 25.6 Å². The number of amides is 2. The molecule has 2 amide bonds. The molecular formula is C22H27N3O3. The summed E-state index contributed by atoms with van der Waals surface area (Å²) >= 11 is 0. The van der Waals surface area contributed by atoms with E-state index < -0.39 is 0 Å². The largest absolute Gasteiger partial charge is 0.379 e. The number of hydrogen-bond donors (Lipinski definition) is 2. The number of rotatable bonds is 7. The van der Waals surface area contributed by atoms with Crippen molar-refractivity contribution in [2.75, 3.05) is 44.7 Å². The van der Waals surface area contributed by atoms with E-state index in [-0.39, 0.29) is 17.7 Å². The van der Waals surface area contributed by atoms with E-state index in [2.05, 4.69) is 15.5 Å². The highest BCUT2D eigenvalue weighted by molar-refractivity contribution is 6.08. The van der Waals surface area contributed by atoms with Gasteiger partial charge in [0.1, 0.15) is 0 Å². The van der Waals surface area contributed by atoms with Gasteiger partial charge in [-0.3, -0.25) is 14.5 Å². The Morgan fingerprint density at radius 2 is 1.79 bits per heavy atom. The fourth-order valence-corrected chi connectivity index (χ4v) is 3.54. The Labute approximate surface area is 165 Å². The topological polar surface area (TPSA) is 70.7 Å². The second-order valence-corrected chi connectivity index (χ2v) is 7.57. The molecule has 1 saturated carbocycles. The molecule has 2 aromatic rings. The van der Waals surface area contributed by atoms with Crippen LogP contribution in [0, 0.1) is 5.92 Å². The van der Waals surface area contributed by atoms with Crippen LogP contribution in [0.3, 0.4) is 0 Å². The number of morpholine rings is 1. The Morgan fingerprint density at radius 3 is 2.50 bits per heavy atom. The van der Waals surface area contributed by atoms with Gasteiger partial charge in [0.25, 0.3) is 5.91 Å². The molecule has 6 heteroatoms. The minimum atomic E-state index is -0.140. The SMILES string of the molecule is O=C(NCCCN1CCOCC1)c1cc2ccccc2cc1NC(=O)C1CC1. The number of anilines is 1. The van der Waals surface area contributed by atoms with E-state index in [1.165, 1.54) is 0 Å². The Bertz CT molecular complexity index is 857. The molecule has 2 fully saturated rings. The second-order valence-electron chi connectivity index (χ2n) is 7.57. The van der Waals surface area contributed by atoms with Crippen molar-refractivity contribution in [1.82, 2.24) is 10.2 Å². The minimum Gasteiger partial charge on any atom is -0.379 e. The normalized spacial score (nSPS) is 17.4. The zero-order valence-electron chi connectivity index (χ0n) is 16.1. The van der Waals surface area contributed by atoms with E-state index >= 15 is 0 Å². The molecule has 1 saturated heterocycles. The monoisotopic (exact) mass is 381 g/mol. The summed E-state index contributed by atoms with van der Waals surface area (Å²) < 4.78 is 5.36. The Hall–Kier alpha value is -2.44. The molecule has 1 heterocycles. The van der Waals surface area contributed by atoms with E-state index in [0.717, 1.165) is 62.9 Å². The molecule has 1 aliphatic carbocycles. The number of hydrogen-bond acceptors (Lipinski definition) is 4. The fourth-order valence-electron chi connectivity index (χ4n) is 3.54. The average molecular weight is 381 g/mol. The summed E-state index contributed by atoms with van der Waals surface area (Å²) in [6.45, 7) is 5.04. The summed E-state index contributed by atoms with van der Waals surface area (Å²) in [6.07, 6.45) is 2.76. The van der Waals surface area contributed by atoms with Crippen LogP contribution in [0.1, 0.15) is 29.6 Å². The van der Waals surface area contributed by atoms with E-state index in [9.17, 15) is 9.59 Å². The molecule has 0 unspecified atom stereocenters. The summed E-state index contributed by atoms with van der Waals surface area (Å²) in [4.78, 5) is 27.4. The van der Waals surface area contributed by atoms with Crippen molar-refractivity contribution in [3.8, 4) is 0 Å². The standard InChI is InChI=1S/C22H27N3O3/c26-21(16-6-7-16)24-20-15-18-5-2-1-4-17(18)14-19(20)22(27)23-8-3-9-25-10-12-28-13-11-25/h1-2,4-5,14-16H,3,6-13H2,(H,23,27)(H,24,26). The van der Waals surface area contributed by atoms with Crippen LogP contribution in [0.4, 0.5) is 5.69 Å². The van der Waals surface area contributed by atoms with Crippen molar-refractivity contribution in [1.29, 1.82) is 0 Å². The molecule has 2 aliphatic rings. The van der Waals surface area contributed by atoms with Gasteiger partial charge in [-0.05, 0) is 48.7 Å². The van der Waals surface area contributed by atoms with Crippen molar-refractivity contribution in [2.24, 2.45) is 5.92 Å². The third kappa shape index (κ3) is 4.69. The lowest BCUT2D eigenvalue weighted by atomic mass is 10.0. The van der Waals surface area contributed by atoms with Gasteiger partial charge in [-0.2, -0.15) is 0 Å². The maximum absolute atomic E-state index is 12.8. The third-order valence-corrected chi connectivity index (χ3v) is 5.38. The molecule has 2 aromatic carbocycles. The molecule has 1 aliphatic heterocycles. The number of fused-ring (bicyclic) bond motifs is 1. The van der Waals surface area contributed by atoms with Crippen LogP contribution >= 0.6 is 0 Å². The van der Waals surface area contributed by atoms with Crippen LogP contribution in [0.15, 0.2) is 36.4 Å². The molecule has 0 atom stereocenters. The van der Waals surface area contributed by atoms with Gasteiger partial charge in [0.15, 0.2) is 0 Å². The molecule has 6 nitrogen and oxygen atoms in total. The number of carbonyl (C=O) groups excluding carboxylic acids is 2. The van der Waals surface area contributed by atoms with Gasteiger partial charge in [0.05, 0.1) is 24.5 Å². The van der Waals surface area contributed by atoms with Crippen LogP contribution < -0.4 is 10.6 Å². The quantitative estimate of drug-likeness (QED) is 0.724. The van der Waals surface area contributed by atoms with E-state index in [0.29, 0.717) is 17.8 Å². The number of nitrogens with one attached hydrogen (secondary N) is 2. The lowest BCUT2D eigenvalue weighted by Crippen LogP contribution is -2.38.